The van der Waals surface area contributed by atoms with Gasteiger partial charge in [0.25, 0.3) is 8.32 Å². The molecule has 4 aromatic carbocycles. The predicted molar refractivity (Wildman–Crippen MR) is 173 cm³/mol. The van der Waals surface area contributed by atoms with E-state index in [1.807, 2.05) is 6.07 Å². The average molecular weight is 549 g/mol. The molecule has 3 heteroatoms. The van der Waals surface area contributed by atoms with E-state index < -0.39 is 8.32 Å². The first-order valence-corrected chi connectivity index (χ1v) is 16.3. The van der Waals surface area contributed by atoms with Gasteiger partial charge in [0.2, 0.25) is 0 Å². The van der Waals surface area contributed by atoms with Crippen molar-refractivity contribution >= 4 is 24.8 Å². The summed E-state index contributed by atoms with van der Waals surface area (Å²) in [6.45, 7) is 14.2. The molecule has 0 N–H and O–H groups in total. The fourth-order valence-corrected chi connectivity index (χ4v) is 9.85. The van der Waals surface area contributed by atoms with Crippen LogP contribution in [-0.4, -0.2) is 21.0 Å². The second-order valence-electron chi connectivity index (χ2n) is 12.5. The van der Waals surface area contributed by atoms with Gasteiger partial charge in [-0.05, 0) is 50.2 Å². The minimum absolute atomic E-state index is 0.0608. The third-order valence-electron chi connectivity index (χ3n) is 7.45. The van der Waals surface area contributed by atoms with E-state index in [0.29, 0.717) is 6.61 Å². The van der Waals surface area contributed by atoms with E-state index in [9.17, 15) is 0 Å². The van der Waals surface area contributed by atoms with Gasteiger partial charge in [-0.15, -0.1) is 0 Å². The Morgan fingerprint density at radius 3 is 1.62 bits per heavy atom. The largest absolute Gasteiger partial charge is 0.486 e. The van der Waals surface area contributed by atoms with Crippen LogP contribution >= 0.6 is 0 Å². The Balaban J connectivity index is 1.61. The van der Waals surface area contributed by atoms with Crippen LogP contribution in [0.3, 0.4) is 0 Å². The first-order chi connectivity index (χ1) is 19.1. The van der Waals surface area contributed by atoms with E-state index in [2.05, 4.69) is 163 Å². The van der Waals surface area contributed by atoms with Gasteiger partial charge in [-0.1, -0.05) is 151 Å². The molecule has 0 spiro atoms. The van der Waals surface area contributed by atoms with E-state index in [4.69, 9.17) is 9.16 Å². The summed E-state index contributed by atoms with van der Waals surface area (Å²) >= 11 is 0. The summed E-state index contributed by atoms with van der Waals surface area (Å²) in [7, 11) is -2.60. The van der Waals surface area contributed by atoms with Gasteiger partial charge in [0.1, 0.15) is 11.9 Å². The van der Waals surface area contributed by atoms with E-state index in [0.717, 1.165) is 17.7 Å². The monoisotopic (exact) mass is 548 g/mol. The maximum atomic E-state index is 7.18. The topological polar surface area (TPSA) is 18.5 Å². The van der Waals surface area contributed by atoms with E-state index in [1.165, 1.54) is 15.9 Å². The van der Waals surface area contributed by atoms with Crippen LogP contribution in [0.15, 0.2) is 121 Å². The molecule has 0 saturated carbocycles. The molecule has 0 heterocycles. The van der Waals surface area contributed by atoms with Crippen LogP contribution < -0.4 is 15.1 Å². The normalized spacial score (nSPS) is 13.3. The summed E-state index contributed by atoms with van der Waals surface area (Å²) in [5, 5.41) is 2.53. The SMILES string of the molecule is CC(C)(C)c1ccc(O[C@@H](/C=C/c2ccccc2)CCO[Si](c2ccccc2)(c2ccccc2)C(C)(C)C)cc1. The van der Waals surface area contributed by atoms with E-state index in [1.54, 1.807) is 0 Å². The molecule has 0 bridgehead atoms. The van der Waals surface area contributed by atoms with Crippen molar-refractivity contribution in [3.8, 4) is 5.75 Å². The molecule has 1 atom stereocenters. The van der Waals surface area contributed by atoms with Crippen molar-refractivity contribution in [2.45, 2.75) is 64.5 Å². The molecule has 0 aromatic heterocycles. The van der Waals surface area contributed by atoms with Crippen LogP contribution in [0.25, 0.3) is 6.08 Å². The van der Waals surface area contributed by atoms with Crippen LogP contribution in [0.1, 0.15) is 59.1 Å². The van der Waals surface area contributed by atoms with Crippen molar-refractivity contribution in [3.63, 3.8) is 0 Å². The molecule has 0 aliphatic rings. The zero-order chi connectivity index (χ0) is 28.6. The Bertz CT molecular complexity index is 1290. The molecule has 4 aromatic rings. The van der Waals surface area contributed by atoms with Gasteiger partial charge >= 0.3 is 0 Å². The molecule has 0 aliphatic carbocycles. The van der Waals surface area contributed by atoms with Gasteiger partial charge in [0.15, 0.2) is 0 Å². The third-order valence-corrected chi connectivity index (χ3v) is 12.5. The minimum atomic E-state index is -2.60. The van der Waals surface area contributed by atoms with Gasteiger partial charge in [0, 0.05) is 13.0 Å². The lowest BCUT2D eigenvalue weighted by Crippen LogP contribution is -2.66. The van der Waals surface area contributed by atoms with Crippen LogP contribution in [0.2, 0.25) is 5.04 Å². The molecule has 0 radical (unpaired) electrons. The zero-order valence-electron chi connectivity index (χ0n) is 24.9. The van der Waals surface area contributed by atoms with Crippen LogP contribution in [-0.2, 0) is 9.84 Å². The maximum Gasteiger partial charge on any atom is 0.261 e. The van der Waals surface area contributed by atoms with Crippen molar-refractivity contribution in [3.05, 3.63) is 132 Å². The van der Waals surface area contributed by atoms with E-state index in [-0.39, 0.29) is 16.6 Å². The highest BCUT2D eigenvalue weighted by Gasteiger charge is 2.50. The predicted octanol–water partition coefficient (Wildman–Crippen LogP) is 8.41. The Kier molecular flexibility index (Phi) is 9.50. The third kappa shape index (κ3) is 7.21. The first kappa shape index (κ1) is 29.6. The second kappa shape index (κ2) is 12.8. The van der Waals surface area contributed by atoms with Crippen molar-refractivity contribution in [1.29, 1.82) is 0 Å². The Morgan fingerprint density at radius 1 is 0.650 bits per heavy atom. The molecule has 4 rings (SSSR count). The second-order valence-corrected chi connectivity index (χ2v) is 16.8. The molecule has 0 unspecified atom stereocenters. The summed E-state index contributed by atoms with van der Waals surface area (Å²) in [5.41, 5.74) is 2.56. The first-order valence-electron chi connectivity index (χ1n) is 14.3. The standard InChI is InChI=1S/C37H44O2Si/c1-36(2,3)31-23-26-32(27-24-31)39-33(25-22-30-16-10-7-11-17-30)28-29-38-40(37(4,5)6,34-18-12-8-13-19-34)35-20-14-9-15-21-35/h7-27,33H,28-29H2,1-6H3/b25-22+/t33-/m0/s1. The van der Waals surface area contributed by atoms with Gasteiger partial charge in [-0.3, -0.25) is 0 Å². The number of hydrogen-bond donors (Lipinski definition) is 0. The quantitative estimate of drug-likeness (QED) is 0.185. The zero-order valence-corrected chi connectivity index (χ0v) is 25.9. The summed E-state index contributed by atoms with van der Waals surface area (Å²) in [5.74, 6) is 0.876. The molecule has 0 saturated heterocycles. The molecular weight excluding hydrogens is 504 g/mol. The number of rotatable bonds is 10. The molecule has 2 nitrogen and oxygen atoms in total. The molecular formula is C37H44O2Si. The summed E-state index contributed by atoms with van der Waals surface area (Å²) in [6, 6.07) is 40.6. The van der Waals surface area contributed by atoms with Gasteiger partial charge in [0.05, 0.1) is 0 Å². The molecule has 40 heavy (non-hydrogen) atoms. The smallest absolute Gasteiger partial charge is 0.261 e. The summed E-state index contributed by atoms with van der Waals surface area (Å²) < 4.78 is 13.7. The van der Waals surface area contributed by atoms with Crippen molar-refractivity contribution in [2.75, 3.05) is 6.61 Å². The number of ether oxygens (including phenoxy) is 1. The lowest BCUT2D eigenvalue weighted by atomic mass is 9.87. The van der Waals surface area contributed by atoms with Crippen LogP contribution in [0, 0.1) is 0 Å². The van der Waals surface area contributed by atoms with Gasteiger partial charge in [-0.25, -0.2) is 0 Å². The van der Waals surface area contributed by atoms with Gasteiger partial charge in [-0.2, -0.15) is 0 Å². The maximum absolute atomic E-state index is 7.18. The molecule has 0 aliphatic heterocycles. The van der Waals surface area contributed by atoms with Crippen molar-refractivity contribution in [2.24, 2.45) is 0 Å². The number of hydrogen-bond acceptors (Lipinski definition) is 2. The van der Waals surface area contributed by atoms with Crippen LogP contribution in [0.4, 0.5) is 0 Å². The summed E-state index contributed by atoms with van der Waals surface area (Å²) in [6.07, 6.45) is 4.94. The fraction of sp³-hybridized carbons (Fsp3) is 0.297. The lowest BCUT2D eigenvalue weighted by Gasteiger charge is -2.43. The lowest BCUT2D eigenvalue weighted by molar-refractivity contribution is 0.193. The highest BCUT2D eigenvalue weighted by Crippen LogP contribution is 2.37. The molecule has 208 valence electrons. The highest BCUT2D eigenvalue weighted by atomic mass is 28.4. The Hall–Kier alpha value is -3.40. The Morgan fingerprint density at radius 2 is 1.15 bits per heavy atom. The number of benzene rings is 4. The van der Waals surface area contributed by atoms with Crippen molar-refractivity contribution in [1.82, 2.24) is 0 Å². The van der Waals surface area contributed by atoms with Crippen molar-refractivity contribution < 1.29 is 9.16 Å². The molecule has 0 fully saturated rings. The minimum Gasteiger partial charge on any atom is -0.486 e. The fourth-order valence-electron chi connectivity index (χ4n) is 5.28. The van der Waals surface area contributed by atoms with E-state index >= 15 is 0 Å². The summed E-state index contributed by atoms with van der Waals surface area (Å²) in [4.78, 5) is 0. The Labute approximate surface area is 242 Å². The van der Waals surface area contributed by atoms with Crippen LogP contribution in [0.5, 0.6) is 5.75 Å². The highest BCUT2D eigenvalue weighted by molar-refractivity contribution is 6.99. The average Bonchev–Trinajstić information content (AvgIpc) is 2.94. The van der Waals surface area contributed by atoms with Gasteiger partial charge < -0.3 is 9.16 Å². The molecule has 0 amide bonds.